The van der Waals surface area contributed by atoms with Crippen molar-refractivity contribution >= 4 is 29.3 Å². The average Bonchev–Trinajstić information content (AvgIpc) is 3.06. The minimum atomic E-state index is -0.479. The smallest absolute Gasteiger partial charge is 0.414 e. The highest BCUT2D eigenvalue weighted by molar-refractivity contribution is 6.30. The zero-order valence-corrected chi connectivity index (χ0v) is 15.7. The van der Waals surface area contributed by atoms with Crippen LogP contribution >= 0.6 is 11.6 Å². The summed E-state index contributed by atoms with van der Waals surface area (Å²) in [6.07, 6.45) is -0.935. The number of halogens is 1. The van der Waals surface area contributed by atoms with Crippen LogP contribution in [0.4, 0.5) is 10.5 Å². The Morgan fingerprint density at radius 2 is 1.89 bits per heavy atom. The van der Waals surface area contributed by atoms with Crippen LogP contribution in [0, 0.1) is 0 Å². The van der Waals surface area contributed by atoms with E-state index in [0.29, 0.717) is 34.3 Å². The number of benzene rings is 2. The summed E-state index contributed by atoms with van der Waals surface area (Å²) in [5.74, 6) is 0.829. The van der Waals surface area contributed by atoms with Gasteiger partial charge in [0, 0.05) is 16.7 Å². The van der Waals surface area contributed by atoms with Crippen molar-refractivity contribution in [2.75, 3.05) is 32.2 Å². The van der Waals surface area contributed by atoms with Crippen LogP contribution in [0.2, 0.25) is 5.02 Å². The van der Waals surface area contributed by atoms with E-state index in [9.17, 15) is 9.59 Å². The Labute approximate surface area is 161 Å². The molecule has 0 bridgehead atoms. The third-order valence-corrected chi connectivity index (χ3v) is 4.40. The number of hydrogen-bond donors (Lipinski definition) is 1. The van der Waals surface area contributed by atoms with Crippen molar-refractivity contribution in [3.8, 4) is 11.5 Å². The first-order chi connectivity index (χ1) is 13.0. The number of nitrogens with zero attached hydrogens (tertiary/aromatic N) is 1. The van der Waals surface area contributed by atoms with Gasteiger partial charge in [-0.05, 0) is 36.4 Å². The summed E-state index contributed by atoms with van der Waals surface area (Å²) >= 11 is 5.82. The molecule has 7 nitrogen and oxygen atoms in total. The lowest BCUT2D eigenvalue weighted by atomic mass is 10.2. The number of carbonyl (C=O) groups is 2. The second-order valence-corrected chi connectivity index (χ2v) is 6.31. The van der Waals surface area contributed by atoms with E-state index in [4.69, 9.17) is 25.8 Å². The number of anilines is 1. The van der Waals surface area contributed by atoms with Crippen LogP contribution in [0.5, 0.6) is 11.5 Å². The fourth-order valence-electron chi connectivity index (χ4n) is 2.74. The van der Waals surface area contributed by atoms with Gasteiger partial charge in [-0.25, -0.2) is 4.79 Å². The van der Waals surface area contributed by atoms with Crippen molar-refractivity contribution in [3.63, 3.8) is 0 Å². The molecule has 3 rings (SSSR count). The maximum Gasteiger partial charge on any atom is 0.414 e. The Kier molecular flexibility index (Phi) is 5.71. The SMILES string of the molecule is COc1ccc(N2CC(CNC(=O)c3ccc(Cl)cc3)OC2=O)cc1OC. The number of nitrogens with one attached hydrogen (secondary N) is 1. The Bertz CT molecular complexity index is 840. The molecule has 1 N–H and O–H groups in total. The van der Waals surface area contributed by atoms with Gasteiger partial charge in [-0.2, -0.15) is 0 Å². The Morgan fingerprint density at radius 3 is 2.56 bits per heavy atom. The average molecular weight is 391 g/mol. The Morgan fingerprint density at radius 1 is 1.19 bits per heavy atom. The van der Waals surface area contributed by atoms with Gasteiger partial charge in [0.25, 0.3) is 5.91 Å². The number of rotatable bonds is 6. The van der Waals surface area contributed by atoms with Crippen molar-refractivity contribution < 1.29 is 23.8 Å². The summed E-state index contributed by atoms with van der Waals surface area (Å²) in [5, 5.41) is 3.32. The molecule has 27 heavy (non-hydrogen) atoms. The van der Waals surface area contributed by atoms with Crippen LogP contribution in [-0.2, 0) is 4.74 Å². The second-order valence-electron chi connectivity index (χ2n) is 5.87. The number of hydrogen-bond acceptors (Lipinski definition) is 5. The molecule has 1 aliphatic heterocycles. The first-order valence-corrected chi connectivity index (χ1v) is 8.63. The molecular formula is C19H19ClN2O5. The normalized spacial score (nSPS) is 16.0. The lowest BCUT2D eigenvalue weighted by Gasteiger charge is -2.15. The molecule has 0 aliphatic carbocycles. The molecule has 1 unspecified atom stereocenters. The summed E-state index contributed by atoms with van der Waals surface area (Å²) in [4.78, 5) is 25.8. The molecule has 2 aromatic carbocycles. The molecule has 1 fully saturated rings. The molecule has 8 heteroatoms. The van der Waals surface area contributed by atoms with Gasteiger partial charge in [0.05, 0.1) is 33.0 Å². The van der Waals surface area contributed by atoms with Crippen molar-refractivity contribution in [1.29, 1.82) is 0 Å². The molecular weight excluding hydrogens is 372 g/mol. The quantitative estimate of drug-likeness (QED) is 0.820. The third-order valence-electron chi connectivity index (χ3n) is 4.15. The minimum Gasteiger partial charge on any atom is -0.493 e. The predicted octanol–water partition coefficient (Wildman–Crippen LogP) is 3.11. The molecule has 1 saturated heterocycles. The molecule has 2 aromatic rings. The van der Waals surface area contributed by atoms with Crippen molar-refractivity contribution in [1.82, 2.24) is 5.32 Å². The highest BCUT2D eigenvalue weighted by Crippen LogP contribution is 2.33. The van der Waals surface area contributed by atoms with Gasteiger partial charge in [-0.1, -0.05) is 11.6 Å². The highest BCUT2D eigenvalue weighted by atomic mass is 35.5. The molecule has 0 spiro atoms. The van der Waals surface area contributed by atoms with E-state index in [2.05, 4.69) is 5.32 Å². The third kappa shape index (κ3) is 4.25. The maximum absolute atomic E-state index is 12.2. The lowest BCUT2D eigenvalue weighted by molar-refractivity contribution is 0.0916. The van der Waals surface area contributed by atoms with E-state index in [1.807, 2.05) is 0 Å². The largest absolute Gasteiger partial charge is 0.493 e. The first-order valence-electron chi connectivity index (χ1n) is 8.25. The molecule has 0 saturated carbocycles. The monoisotopic (exact) mass is 390 g/mol. The zero-order chi connectivity index (χ0) is 19.4. The van der Waals surface area contributed by atoms with Crippen LogP contribution in [0.1, 0.15) is 10.4 Å². The Hall–Kier alpha value is -2.93. The van der Waals surface area contributed by atoms with Crippen LogP contribution in [-0.4, -0.2) is 45.4 Å². The number of carbonyl (C=O) groups excluding carboxylic acids is 2. The number of methoxy groups -OCH3 is 2. The van der Waals surface area contributed by atoms with Gasteiger partial charge in [-0.3, -0.25) is 9.69 Å². The van der Waals surface area contributed by atoms with E-state index in [1.165, 1.54) is 12.0 Å². The summed E-state index contributed by atoms with van der Waals surface area (Å²) in [5.41, 5.74) is 1.12. The standard InChI is InChI=1S/C19H19ClN2O5/c1-25-16-8-7-14(9-17(16)26-2)22-11-15(27-19(22)24)10-21-18(23)12-3-5-13(20)6-4-12/h3-9,15H,10-11H2,1-2H3,(H,21,23). The van der Waals surface area contributed by atoms with Crippen LogP contribution in [0.15, 0.2) is 42.5 Å². The van der Waals surface area contributed by atoms with Gasteiger partial charge in [-0.15, -0.1) is 0 Å². The number of ether oxygens (including phenoxy) is 3. The van der Waals surface area contributed by atoms with Gasteiger partial charge < -0.3 is 19.5 Å². The summed E-state index contributed by atoms with van der Waals surface area (Å²) < 4.78 is 15.8. The highest BCUT2D eigenvalue weighted by Gasteiger charge is 2.33. The Balaban J connectivity index is 1.62. The fourth-order valence-corrected chi connectivity index (χ4v) is 2.87. The van der Waals surface area contributed by atoms with Crippen LogP contribution in [0.25, 0.3) is 0 Å². The molecule has 1 aliphatic rings. The summed E-state index contributed by atoms with van der Waals surface area (Å²) in [6.45, 7) is 0.520. The van der Waals surface area contributed by atoms with Gasteiger partial charge in [0.2, 0.25) is 0 Å². The molecule has 2 amide bonds. The van der Waals surface area contributed by atoms with Gasteiger partial charge >= 0.3 is 6.09 Å². The maximum atomic E-state index is 12.2. The van der Waals surface area contributed by atoms with E-state index in [0.717, 1.165) is 0 Å². The molecule has 1 heterocycles. The van der Waals surface area contributed by atoms with Crippen molar-refractivity contribution in [2.24, 2.45) is 0 Å². The van der Waals surface area contributed by atoms with Crippen molar-refractivity contribution in [2.45, 2.75) is 6.10 Å². The molecule has 142 valence electrons. The topological polar surface area (TPSA) is 77.1 Å². The minimum absolute atomic E-state index is 0.205. The zero-order valence-electron chi connectivity index (χ0n) is 14.9. The molecule has 0 aromatic heterocycles. The van der Waals surface area contributed by atoms with Gasteiger partial charge in [0.15, 0.2) is 11.5 Å². The van der Waals surface area contributed by atoms with E-state index in [1.54, 1.807) is 49.6 Å². The predicted molar refractivity (Wildman–Crippen MR) is 101 cm³/mol. The number of amides is 2. The van der Waals surface area contributed by atoms with E-state index in [-0.39, 0.29) is 12.5 Å². The lowest BCUT2D eigenvalue weighted by Crippen LogP contribution is -2.34. The second kappa shape index (κ2) is 8.18. The first kappa shape index (κ1) is 18.8. The fraction of sp³-hybridized carbons (Fsp3) is 0.263. The van der Waals surface area contributed by atoms with Crippen LogP contribution in [0.3, 0.4) is 0 Å². The van der Waals surface area contributed by atoms with Gasteiger partial charge in [0.1, 0.15) is 6.10 Å². The van der Waals surface area contributed by atoms with E-state index < -0.39 is 12.2 Å². The van der Waals surface area contributed by atoms with E-state index >= 15 is 0 Å². The number of cyclic esters (lactones) is 1. The molecule has 0 radical (unpaired) electrons. The van der Waals surface area contributed by atoms with Crippen molar-refractivity contribution in [3.05, 3.63) is 53.1 Å². The summed E-state index contributed by atoms with van der Waals surface area (Å²) in [7, 11) is 3.07. The molecule has 1 atom stereocenters. The van der Waals surface area contributed by atoms with Crippen LogP contribution < -0.4 is 19.7 Å². The summed E-state index contributed by atoms with van der Waals surface area (Å²) in [6, 6.07) is 11.7.